The van der Waals surface area contributed by atoms with Gasteiger partial charge in [-0.15, -0.1) is 0 Å². The summed E-state index contributed by atoms with van der Waals surface area (Å²) in [5, 5.41) is 3.30. The van der Waals surface area contributed by atoms with E-state index in [4.69, 9.17) is 4.42 Å². The Morgan fingerprint density at radius 1 is 1.22 bits per heavy atom. The maximum Gasteiger partial charge on any atom is 0.208 e. The Labute approximate surface area is 106 Å². The number of rotatable bonds is 3. The Bertz CT molecular complexity index is 511. The molecule has 2 rings (SSSR count). The van der Waals surface area contributed by atoms with Crippen molar-refractivity contribution < 1.29 is 8.81 Å². The van der Waals surface area contributed by atoms with Crippen molar-refractivity contribution in [3.63, 3.8) is 0 Å². The van der Waals surface area contributed by atoms with Gasteiger partial charge in [0, 0.05) is 11.1 Å². The number of benzene rings is 1. The van der Waals surface area contributed by atoms with Crippen molar-refractivity contribution in [3.8, 4) is 11.3 Å². The molecule has 0 atom stereocenters. The highest BCUT2D eigenvalue weighted by Crippen LogP contribution is 2.20. The van der Waals surface area contributed by atoms with Crippen LogP contribution < -0.4 is 5.32 Å². The minimum absolute atomic E-state index is 0.0184. The van der Waals surface area contributed by atoms with Crippen LogP contribution in [0, 0.1) is 5.82 Å². The second-order valence-corrected chi connectivity index (χ2v) is 5.23. The van der Waals surface area contributed by atoms with Crippen molar-refractivity contribution in [2.75, 3.05) is 0 Å². The lowest BCUT2D eigenvalue weighted by Crippen LogP contribution is -2.35. The smallest absolute Gasteiger partial charge is 0.208 e. The summed E-state index contributed by atoms with van der Waals surface area (Å²) in [7, 11) is 0. The third-order valence-corrected chi connectivity index (χ3v) is 2.45. The average molecular weight is 248 g/mol. The van der Waals surface area contributed by atoms with Gasteiger partial charge in [0.2, 0.25) is 5.89 Å². The van der Waals surface area contributed by atoms with Crippen LogP contribution in [0.4, 0.5) is 4.39 Å². The first-order valence-corrected chi connectivity index (χ1v) is 5.90. The molecule has 1 N–H and O–H groups in total. The zero-order chi connectivity index (χ0) is 13.2. The van der Waals surface area contributed by atoms with Crippen LogP contribution >= 0.6 is 0 Å². The van der Waals surface area contributed by atoms with E-state index in [0.717, 1.165) is 5.56 Å². The van der Waals surface area contributed by atoms with Crippen molar-refractivity contribution in [2.24, 2.45) is 0 Å². The molecule has 0 bridgehead atoms. The largest absolute Gasteiger partial charge is 0.439 e. The van der Waals surface area contributed by atoms with E-state index >= 15 is 0 Å². The van der Waals surface area contributed by atoms with E-state index in [1.165, 1.54) is 12.1 Å². The number of aromatic nitrogens is 1. The van der Waals surface area contributed by atoms with E-state index in [0.29, 0.717) is 18.2 Å². The monoisotopic (exact) mass is 248 g/mol. The molecular weight excluding hydrogens is 231 g/mol. The van der Waals surface area contributed by atoms with Gasteiger partial charge in [0.05, 0.1) is 12.7 Å². The molecule has 3 nitrogen and oxygen atoms in total. The average Bonchev–Trinajstić information content (AvgIpc) is 2.75. The van der Waals surface area contributed by atoms with Crippen LogP contribution in [0.2, 0.25) is 0 Å². The predicted molar refractivity (Wildman–Crippen MR) is 68.5 cm³/mol. The molecule has 4 heteroatoms. The quantitative estimate of drug-likeness (QED) is 0.905. The molecule has 96 valence electrons. The number of hydrogen-bond donors (Lipinski definition) is 1. The van der Waals surface area contributed by atoms with Crippen LogP contribution in [0.5, 0.6) is 0 Å². The summed E-state index contributed by atoms with van der Waals surface area (Å²) in [6, 6.07) is 6.17. The number of nitrogens with zero attached hydrogens (tertiary/aromatic N) is 1. The molecule has 1 heterocycles. The zero-order valence-corrected chi connectivity index (χ0v) is 10.8. The third-order valence-electron chi connectivity index (χ3n) is 2.45. The normalized spacial score (nSPS) is 11.8. The maximum absolute atomic E-state index is 12.8. The maximum atomic E-state index is 12.8. The Hall–Kier alpha value is -1.68. The molecule has 2 aromatic rings. The van der Waals surface area contributed by atoms with Crippen molar-refractivity contribution in [1.29, 1.82) is 0 Å². The summed E-state index contributed by atoms with van der Waals surface area (Å²) in [5.74, 6) is 1.03. The summed E-state index contributed by atoms with van der Waals surface area (Å²) in [5.41, 5.74) is 0.843. The zero-order valence-electron chi connectivity index (χ0n) is 10.8. The lowest BCUT2D eigenvalue weighted by atomic mass is 10.1. The van der Waals surface area contributed by atoms with Gasteiger partial charge in [0.15, 0.2) is 5.76 Å². The third kappa shape index (κ3) is 3.40. The van der Waals surface area contributed by atoms with Crippen LogP contribution in [0.15, 0.2) is 34.9 Å². The molecule has 0 aliphatic carbocycles. The summed E-state index contributed by atoms with van der Waals surface area (Å²) in [6.07, 6.45) is 1.66. The van der Waals surface area contributed by atoms with Gasteiger partial charge in [0.1, 0.15) is 5.82 Å². The van der Waals surface area contributed by atoms with Crippen LogP contribution in [-0.4, -0.2) is 10.5 Å². The van der Waals surface area contributed by atoms with Gasteiger partial charge in [-0.1, -0.05) is 0 Å². The van der Waals surface area contributed by atoms with Gasteiger partial charge in [-0.3, -0.25) is 0 Å². The fourth-order valence-electron chi connectivity index (χ4n) is 1.48. The van der Waals surface area contributed by atoms with E-state index in [1.54, 1.807) is 18.3 Å². The Balaban J connectivity index is 2.08. The number of hydrogen-bond acceptors (Lipinski definition) is 3. The van der Waals surface area contributed by atoms with Crippen molar-refractivity contribution in [2.45, 2.75) is 32.9 Å². The molecule has 1 aromatic carbocycles. The van der Waals surface area contributed by atoms with E-state index < -0.39 is 0 Å². The summed E-state index contributed by atoms with van der Waals surface area (Å²) >= 11 is 0. The van der Waals surface area contributed by atoms with Crippen LogP contribution in [-0.2, 0) is 6.54 Å². The second-order valence-electron chi connectivity index (χ2n) is 5.23. The Kier molecular flexibility index (Phi) is 3.48. The van der Waals surface area contributed by atoms with E-state index in [9.17, 15) is 4.39 Å². The van der Waals surface area contributed by atoms with E-state index in [2.05, 4.69) is 31.1 Å². The minimum Gasteiger partial charge on any atom is -0.439 e. The molecule has 0 saturated heterocycles. The minimum atomic E-state index is -0.257. The van der Waals surface area contributed by atoms with E-state index in [-0.39, 0.29) is 11.4 Å². The summed E-state index contributed by atoms with van der Waals surface area (Å²) in [4.78, 5) is 4.20. The predicted octanol–water partition coefficient (Wildman–Crippen LogP) is 3.37. The van der Waals surface area contributed by atoms with Crippen molar-refractivity contribution >= 4 is 0 Å². The van der Waals surface area contributed by atoms with Crippen molar-refractivity contribution in [3.05, 3.63) is 42.2 Å². The van der Waals surface area contributed by atoms with Gasteiger partial charge in [-0.2, -0.15) is 0 Å². The highest BCUT2D eigenvalue weighted by molar-refractivity contribution is 5.55. The number of oxazole rings is 1. The molecule has 0 radical (unpaired) electrons. The fraction of sp³-hybridized carbons (Fsp3) is 0.357. The molecule has 0 fully saturated rings. The molecule has 1 aromatic heterocycles. The first-order chi connectivity index (χ1) is 8.44. The summed E-state index contributed by atoms with van der Waals surface area (Å²) < 4.78 is 18.4. The first kappa shape index (κ1) is 12.8. The second kappa shape index (κ2) is 4.90. The molecule has 0 amide bonds. The highest BCUT2D eigenvalue weighted by Gasteiger charge is 2.11. The molecule has 0 aliphatic heterocycles. The molecule has 0 saturated carbocycles. The number of nitrogens with one attached hydrogen (secondary N) is 1. The molecule has 0 spiro atoms. The topological polar surface area (TPSA) is 38.1 Å². The summed E-state index contributed by atoms with van der Waals surface area (Å²) in [6.45, 7) is 6.81. The van der Waals surface area contributed by atoms with Gasteiger partial charge in [0.25, 0.3) is 0 Å². The Morgan fingerprint density at radius 2 is 1.89 bits per heavy atom. The van der Waals surface area contributed by atoms with Crippen LogP contribution in [0.25, 0.3) is 11.3 Å². The van der Waals surface area contributed by atoms with Crippen LogP contribution in [0.3, 0.4) is 0 Å². The van der Waals surface area contributed by atoms with Crippen LogP contribution in [0.1, 0.15) is 26.7 Å². The van der Waals surface area contributed by atoms with Gasteiger partial charge in [-0.05, 0) is 45.0 Å². The fourth-order valence-corrected chi connectivity index (χ4v) is 1.48. The highest BCUT2D eigenvalue weighted by atomic mass is 19.1. The standard InChI is InChI=1S/C14H17FN2O/c1-14(2,3)17-9-13-16-8-12(18-13)10-4-6-11(15)7-5-10/h4-8,17H,9H2,1-3H3. The lowest BCUT2D eigenvalue weighted by Gasteiger charge is -2.18. The molecular formula is C14H17FN2O. The first-order valence-electron chi connectivity index (χ1n) is 5.90. The number of halogens is 1. The van der Waals surface area contributed by atoms with Gasteiger partial charge >= 0.3 is 0 Å². The Morgan fingerprint density at radius 3 is 2.50 bits per heavy atom. The lowest BCUT2D eigenvalue weighted by molar-refractivity contribution is 0.383. The molecule has 0 unspecified atom stereocenters. The molecule has 0 aliphatic rings. The van der Waals surface area contributed by atoms with Gasteiger partial charge < -0.3 is 9.73 Å². The molecule has 18 heavy (non-hydrogen) atoms. The van der Waals surface area contributed by atoms with E-state index in [1.807, 2.05) is 0 Å². The SMILES string of the molecule is CC(C)(C)NCc1ncc(-c2ccc(F)cc2)o1. The van der Waals surface area contributed by atoms with Crippen molar-refractivity contribution in [1.82, 2.24) is 10.3 Å². The van der Waals surface area contributed by atoms with Gasteiger partial charge in [-0.25, -0.2) is 9.37 Å².